The van der Waals surface area contributed by atoms with Crippen molar-refractivity contribution in [1.29, 1.82) is 0 Å². The van der Waals surface area contributed by atoms with Crippen molar-refractivity contribution in [2.75, 3.05) is 19.5 Å². The van der Waals surface area contributed by atoms with Gasteiger partial charge in [0.2, 0.25) is 5.89 Å². The lowest BCUT2D eigenvalue weighted by atomic mass is 10.2. The van der Waals surface area contributed by atoms with E-state index in [9.17, 15) is 13.2 Å². The maximum atomic E-state index is 12.5. The summed E-state index contributed by atoms with van der Waals surface area (Å²) in [5, 5.41) is 9.61. The molecule has 0 fully saturated rings. The summed E-state index contributed by atoms with van der Waals surface area (Å²) in [7, 11) is -0.468. The summed E-state index contributed by atoms with van der Waals surface area (Å²) >= 11 is 0. The fraction of sp³-hybridized carbons (Fsp3) is 0.250. The van der Waals surface area contributed by atoms with E-state index >= 15 is 0 Å². The van der Waals surface area contributed by atoms with E-state index in [4.69, 9.17) is 13.9 Å². The molecule has 0 atom stereocenters. The number of nitrogens with zero attached hydrogens (tertiary/aromatic N) is 2. The molecule has 1 N–H and O–H groups in total. The minimum absolute atomic E-state index is 0.0710. The Morgan fingerprint density at radius 3 is 2.43 bits per heavy atom. The second-order valence-electron chi connectivity index (χ2n) is 6.56. The molecule has 3 rings (SSSR count). The van der Waals surface area contributed by atoms with Crippen molar-refractivity contribution in [3.63, 3.8) is 0 Å². The van der Waals surface area contributed by atoms with E-state index in [1.54, 1.807) is 32.0 Å². The third kappa shape index (κ3) is 4.28. The summed E-state index contributed by atoms with van der Waals surface area (Å²) in [5.41, 5.74) is 0.730. The van der Waals surface area contributed by atoms with Gasteiger partial charge in [-0.05, 0) is 50.2 Å². The highest BCUT2D eigenvalue weighted by atomic mass is 32.2. The van der Waals surface area contributed by atoms with Gasteiger partial charge in [-0.15, -0.1) is 5.10 Å². The number of hydrogen-bond acceptors (Lipinski definition) is 8. The van der Waals surface area contributed by atoms with Crippen molar-refractivity contribution in [2.45, 2.75) is 24.0 Å². The fourth-order valence-electron chi connectivity index (χ4n) is 2.62. The zero-order valence-corrected chi connectivity index (χ0v) is 17.7. The third-order valence-corrected chi connectivity index (χ3v) is 6.47. The van der Waals surface area contributed by atoms with Crippen molar-refractivity contribution in [3.05, 3.63) is 48.0 Å². The molecule has 158 valence electrons. The number of benzene rings is 2. The number of hydrogen-bond donors (Lipinski definition) is 1. The molecule has 30 heavy (non-hydrogen) atoms. The van der Waals surface area contributed by atoms with Gasteiger partial charge >= 0.3 is 6.01 Å². The van der Waals surface area contributed by atoms with Crippen LogP contribution in [-0.2, 0) is 9.84 Å². The normalized spacial score (nSPS) is 11.4. The number of carbonyl (C=O) groups is 1. The summed E-state index contributed by atoms with van der Waals surface area (Å²) in [4.78, 5) is 12.6. The van der Waals surface area contributed by atoms with Crippen molar-refractivity contribution in [3.8, 4) is 23.0 Å². The average molecular weight is 431 g/mol. The molecular weight excluding hydrogens is 410 g/mol. The summed E-state index contributed by atoms with van der Waals surface area (Å²) in [6.07, 6.45) is 0. The molecule has 0 spiro atoms. The Morgan fingerprint density at radius 2 is 1.77 bits per heavy atom. The Hall–Kier alpha value is -3.40. The molecule has 0 unspecified atom stereocenters. The first-order valence-corrected chi connectivity index (χ1v) is 10.5. The Morgan fingerprint density at radius 1 is 1.03 bits per heavy atom. The maximum Gasteiger partial charge on any atom is 0.322 e. The minimum atomic E-state index is -3.50. The van der Waals surface area contributed by atoms with E-state index in [1.165, 1.54) is 38.5 Å². The highest BCUT2D eigenvalue weighted by molar-refractivity contribution is 7.92. The molecule has 3 aromatic rings. The smallest absolute Gasteiger partial charge is 0.322 e. The van der Waals surface area contributed by atoms with Crippen LogP contribution in [0.15, 0.2) is 51.8 Å². The highest BCUT2D eigenvalue weighted by Crippen LogP contribution is 2.32. The molecule has 0 aliphatic rings. The third-order valence-electron chi connectivity index (χ3n) is 4.32. The van der Waals surface area contributed by atoms with Crippen LogP contribution in [0, 0.1) is 0 Å². The topological polar surface area (TPSA) is 121 Å². The molecule has 2 aromatic carbocycles. The predicted molar refractivity (Wildman–Crippen MR) is 110 cm³/mol. The zero-order valence-electron chi connectivity index (χ0n) is 16.9. The minimum Gasteiger partial charge on any atom is -0.493 e. The lowest BCUT2D eigenvalue weighted by Gasteiger charge is -2.09. The Bertz CT molecular complexity index is 1170. The predicted octanol–water partition coefficient (Wildman–Crippen LogP) is 3.19. The van der Waals surface area contributed by atoms with E-state index in [1.807, 2.05) is 0 Å². The van der Waals surface area contributed by atoms with Crippen LogP contribution in [0.25, 0.3) is 11.5 Å². The van der Waals surface area contributed by atoms with Crippen LogP contribution in [0.4, 0.5) is 6.01 Å². The molecule has 10 heteroatoms. The van der Waals surface area contributed by atoms with Crippen LogP contribution >= 0.6 is 0 Å². The van der Waals surface area contributed by atoms with Gasteiger partial charge in [-0.1, -0.05) is 11.2 Å². The Balaban J connectivity index is 1.81. The SMILES string of the molecule is COc1ccc(-c2nnc(NC(=O)c3cccc(S(=O)(=O)C(C)C)c3)o2)cc1OC. The standard InChI is InChI=1S/C20H21N3O6S/c1-12(2)30(25,26)15-7-5-6-13(10-15)18(24)21-20-23-22-19(29-20)14-8-9-16(27-3)17(11-14)28-4/h5-12H,1-4H3,(H,21,23,24). The molecule has 1 aromatic heterocycles. The molecule has 0 saturated carbocycles. The molecule has 0 saturated heterocycles. The van der Waals surface area contributed by atoms with Gasteiger partial charge in [-0.2, -0.15) is 0 Å². The van der Waals surface area contributed by atoms with Gasteiger partial charge in [0, 0.05) is 11.1 Å². The van der Waals surface area contributed by atoms with Gasteiger partial charge in [0.1, 0.15) is 0 Å². The molecule has 9 nitrogen and oxygen atoms in total. The number of rotatable bonds is 7. The van der Waals surface area contributed by atoms with Crippen LogP contribution in [-0.4, -0.2) is 44.0 Å². The molecular formula is C20H21N3O6S. The molecule has 1 heterocycles. The number of ether oxygens (including phenoxy) is 2. The number of nitrogens with one attached hydrogen (secondary N) is 1. The summed E-state index contributed by atoms with van der Waals surface area (Å²) in [6, 6.07) is 10.7. The fourth-order valence-corrected chi connectivity index (χ4v) is 3.72. The summed E-state index contributed by atoms with van der Waals surface area (Å²) < 4.78 is 40.6. The summed E-state index contributed by atoms with van der Waals surface area (Å²) in [6.45, 7) is 3.16. The first-order chi connectivity index (χ1) is 14.3. The number of methoxy groups -OCH3 is 2. The number of amides is 1. The van der Waals surface area contributed by atoms with Gasteiger partial charge in [-0.25, -0.2) is 8.42 Å². The van der Waals surface area contributed by atoms with Gasteiger partial charge in [0.25, 0.3) is 5.91 Å². The Kier molecular flexibility index (Phi) is 6.06. The van der Waals surface area contributed by atoms with Crippen LogP contribution in [0.5, 0.6) is 11.5 Å². The van der Waals surface area contributed by atoms with E-state index in [-0.39, 0.29) is 22.4 Å². The van der Waals surface area contributed by atoms with Crippen molar-refractivity contribution >= 4 is 21.8 Å². The Labute approximate surface area is 174 Å². The quantitative estimate of drug-likeness (QED) is 0.605. The number of anilines is 1. The molecule has 0 radical (unpaired) electrons. The molecule has 0 bridgehead atoms. The van der Waals surface area contributed by atoms with E-state index < -0.39 is 21.0 Å². The number of carbonyl (C=O) groups excluding carboxylic acids is 1. The van der Waals surface area contributed by atoms with Crippen LogP contribution < -0.4 is 14.8 Å². The second kappa shape index (κ2) is 8.54. The number of aromatic nitrogens is 2. The lowest BCUT2D eigenvalue weighted by molar-refractivity contribution is 0.102. The molecule has 0 aliphatic heterocycles. The average Bonchev–Trinajstić information content (AvgIpc) is 3.21. The van der Waals surface area contributed by atoms with Crippen molar-refractivity contribution in [2.24, 2.45) is 0 Å². The van der Waals surface area contributed by atoms with E-state index in [2.05, 4.69) is 15.5 Å². The number of sulfone groups is 1. The zero-order chi connectivity index (χ0) is 21.9. The maximum absolute atomic E-state index is 12.5. The van der Waals surface area contributed by atoms with Gasteiger partial charge in [0.05, 0.1) is 24.4 Å². The lowest BCUT2D eigenvalue weighted by Crippen LogP contribution is -2.16. The summed E-state index contributed by atoms with van der Waals surface area (Å²) in [5.74, 6) is 0.633. The van der Waals surface area contributed by atoms with E-state index in [0.29, 0.717) is 17.1 Å². The van der Waals surface area contributed by atoms with E-state index in [0.717, 1.165) is 0 Å². The van der Waals surface area contributed by atoms with Crippen molar-refractivity contribution < 1.29 is 27.1 Å². The van der Waals surface area contributed by atoms with Crippen LogP contribution in [0.1, 0.15) is 24.2 Å². The monoisotopic (exact) mass is 431 g/mol. The molecule has 0 aliphatic carbocycles. The first-order valence-electron chi connectivity index (χ1n) is 8.97. The van der Waals surface area contributed by atoms with Gasteiger partial charge in [-0.3, -0.25) is 10.1 Å². The van der Waals surface area contributed by atoms with Crippen molar-refractivity contribution in [1.82, 2.24) is 10.2 Å². The van der Waals surface area contributed by atoms with Crippen LogP contribution in [0.3, 0.4) is 0 Å². The highest BCUT2D eigenvalue weighted by Gasteiger charge is 2.21. The van der Waals surface area contributed by atoms with Gasteiger partial charge in [0.15, 0.2) is 21.3 Å². The first kappa shape index (κ1) is 21.3. The van der Waals surface area contributed by atoms with Crippen LogP contribution in [0.2, 0.25) is 0 Å². The molecule has 1 amide bonds. The van der Waals surface area contributed by atoms with Gasteiger partial charge < -0.3 is 13.9 Å². The largest absolute Gasteiger partial charge is 0.493 e. The second-order valence-corrected chi connectivity index (χ2v) is 9.06.